The van der Waals surface area contributed by atoms with Crippen LogP contribution in [0.1, 0.15) is 32.4 Å². The Labute approximate surface area is 105 Å². The van der Waals surface area contributed by atoms with Crippen molar-refractivity contribution >= 4 is 22.4 Å². The van der Waals surface area contributed by atoms with Gasteiger partial charge in [-0.3, -0.25) is 4.79 Å². The molecule has 5 nitrogen and oxygen atoms in total. The summed E-state index contributed by atoms with van der Waals surface area (Å²) in [5, 5.41) is 14.1. The summed E-state index contributed by atoms with van der Waals surface area (Å²) in [7, 11) is 0. The van der Waals surface area contributed by atoms with E-state index < -0.39 is 0 Å². The molecule has 1 aromatic heterocycles. The first kappa shape index (κ1) is 13.9. The molecular weight excluding hydrogens is 238 g/mol. The van der Waals surface area contributed by atoms with Gasteiger partial charge in [0.25, 0.3) is 0 Å². The Kier molecular flexibility index (Phi) is 4.89. The third-order valence-corrected chi connectivity index (χ3v) is 3.52. The summed E-state index contributed by atoms with van der Waals surface area (Å²) in [6.45, 7) is 3.97. The summed E-state index contributed by atoms with van der Waals surface area (Å²) in [5.74, 6) is -0.0897. The molecule has 0 saturated heterocycles. The Morgan fingerprint density at radius 1 is 1.71 bits per heavy atom. The molecule has 17 heavy (non-hydrogen) atoms. The second-order valence-electron chi connectivity index (χ2n) is 4.29. The Hall–Kier alpha value is -1.14. The molecule has 0 bridgehead atoms. The quantitative estimate of drug-likeness (QED) is 0.707. The number of anilines is 1. The third-order valence-electron chi connectivity index (χ3n) is 2.80. The fourth-order valence-corrected chi connectivity index (χ4v) is 2.09. The van der Waals surface area contributed by atoms with Gasteiger partial charge in [-0.25, -0.2) is 4.98 Å². The van der Waals surface area contributed by atoms with Crippen LogP contribution < -0.4 is 11.1 Å². The highest BCUT2D eigenvalue weighted by atomic mass is 32.1. The minimum absolute atomic E-state index is 0.0638. The largest absolute Gasteiger partial charge is 0.396 e. The molecule has 0 aromatic carbocycles. The van der Waals surface area contributed by atoms with E-state index in [2.05, 4.69) is 10.3 Å². The van der Waals surface area contributed by atoms with Crippen LogP contribution in [0.3, 0.4) is 0 Å². The highest BCUT2D eigenvalue weighted by Crippen LogP contribution is 2.15. The standard InChI is InChI=1S/C11H19N3O2S/c1-3-11(2,4-5-15)14-9(16)6-8-7-17-10(12)13-8/h7,15H,3-6H2,1-2H3,(H2,12,13)(H,14,16). The fraction of sp³-hybridized carbons (Fsp3) is 0.636. The average molecular weight is 257 g/mol. The lowest BCUT2D eigenvalue weighted by atomic mass is 9.94. The second-order valence-corrected chi connectivity index (χ2v) is 5.18. The maximum atomic E-state index is 11.8. The number of hydrogen-bond acceptors (Lipinski definition) is 5. The van der Waals surface area contributed by atoms with Crippen LogP contribution in [0, 0.1) is 0 Å². The minimum Gasteiger partial charge on any atom is -0.396 e. The predicted molar refractivity (Wildman–Crippen MR) is 68.8 cm³/mol. The van der Waals surface area contributed by atoms with Crippen LogP contribution in [-0.2, 0) is 11.2 Å². The number of thiazole rings is 1. The summed E-state index contributed by atoms with van der Waals surface area (Å²) in [4.78, 5) is 15.8. The van der Waals surface area contributed by atoms with E-state index in [0.29, 0.717) is 17.2 Å². The lowest BCUT2D eigenvalue weighted by Gasteiger charge is -2.28. The molecule has 0 fully saturated rings. The van der Waals surface area contributed by atoms with Crippen LogP contribution in [0.2, 0.25) is 0 Å². The number of amides is 1. The van der Waals surface area contributed by atoms with Gasteiger partial charge >= 0.3 is 0 Å². The highest BCUT2D eigenvalue weighted by Gasteiger charge is 2.23. The van der Waals surface area contributed by atoms with Gasteiger partial charge in [-0.15, -0.1) is 11.3 Å². The lowest BCUT2D eigenvalue weighted by molar-refractivity contribution is -0.122. The molecule has 1 aromatic rings. The van der Waals surface area contributed by atoms with Gasteiger partial charge in [-0.05, 0) is 19.8 Å². The molecule has 4 N–H and O–H groups in total. The maximum Gasteiger partial charge on any atom is 0.226 e. The molecular formula is C11H19N3O2S. The minimum atomic E-state index is -0.354. The Morgan fingerprint density at radius 2 is 2.41 bits per heavy atom. The van der Waals surface area contributed by atoms with Crippen molar-refractivity contribution in [1.82, 2.24) is 10.3 Å². The monoisotopic (exact) mass is 257 g/mol. The number of aliphatic hydroxyl groups excluding tert-OH is 1. The number of rotatable bonds is 6. The zero-order chi connectivity index (χ0) is 12.9. The molecule has 96 valence electrons. The van der Waals surface area contributed by atoms with E-state index >= 15 is 0 Å². The number of nitrogens with zero attached hydrogens (tertiary/aromatic N) is 1. The van der Waals surface area contributed by atoms with E-state index in [0.717, 1.165) is 6.42 Å². The molecule has 1 unspecified atom stereocenters. The van der Waals surface area contributed by atoms with Crippen molar-refractivity contribution < 1.29 is 9.90 Å². The number of nitrogens with two attached hydrogens (primary N) is 1. The number of nitrogens with one attached hydrogen (secondary N) is 1. The van der Waals surface area contributed by atoms with Crippen molar-refractivity contribution in [3.63, 3.8) is 0 Å². The highest BCUT2D eigenvalue weighted by molar-refractivity contribution is 7.13. The van der Waals surface area contributed by atoms with Crippen molar-refractivity contribution in [1.29, 1.82) is 0 Å². The number of carbonyl (C=O) groups excluding carboxylic acids is 1. The summed E-state index contributed by atoms with van der Waals surface area (Å²) < 4.78 is 0. The molecule has 0 radical (unpaired) electrons. The molecule has 6 heteroatoms. The Bertz CT molecular complexity index is 381. The van der Waals surface area contributed by atoms with Gasteiger partial charge in [0.2, 0.25) is 5.91 Å². The number of nitrogen functional groups attached to an aromatic ring is 1. The topological polar surface area (TPSA) is 88.2 Å². The molecule has 1 amide bonds. The molecule has 1 rings (SSSR count). The number of aromatic nitrogens is 1. The van der Waals surface area contributed by atoms with Gasteiger partial charge in [0.05, 0.1) is 12.1 Å². The average Bonchev–Trinajstić information content (AvgIpc) is 2.64. The molecule has 1 atom stereocenters. The molecule has 0 aliphatic rings. The normalized spacial score (nSPS) is 14.3. The van der Waals surface area contributed by atoms with E-state index in [1.807, 2.05) is 13.8 Å². The van der Waals surface area contributed by atoms with Crippen molar-refractivity contribution in [3.8, 4) is 0 Å². The van der Waals surface area contributed by atoms with E-state index in [9.17, 15) is 4.79 Å². The van der Waals surface area contributed by atoms with Crippen molar-refractivity contribution in [3.05, 3.63) is 11.1 Å². The van der Waals surface area contributed by atoms with Crippen LogP contribution >= 0.6 is 11.3 Å². The fourth-order valence-electron chi connectivity index (χ4n) is 1.52. The van der Waals surface area contributed by atoms with Gasteiger partial charge < -0.3 is 16.2 Å². The first-order chi connectivity index (χ1) is 7.99. The predicted octanol–water partition coefficient (Wildman–Crippen LogP) is 0.935. The molecule has 0 saturated carbocycles. The third kappa shape index (κ3) is 4.32. The second kappa shape index (κ2) is 5.97. The lowest BCUT2D eigenvalue weighted by Crippen LogP contribution is -2.46. The van der Waals surface area contributed by atoms with Crippen molar-refractivity contribution in [2.24, 2.45) is 0 Å². The van der Waals surface area contributed by atoms with E-state index in [4.69, 9.17) is 10.8 Å². The molecule has 0 spiro atoms. The summed E-state index contributed by atoms with van der Waals surface area (Å²) in [5.41, 5.74) is 5.83. The van der Waals surface area contributed by atoms with Crippen LogP contribution in [0.15, 0.2) is 5.38 Å². The van der Waals surface area contributed by atoms with Crippen molar-refractivity contribution in [2.45, 2.75) is 38.6 Å². The van der Waals surface area contributed by atoms with E-state index in [-0.39, 0.29) is 24.5 Å². The zero-order valence-corrected chi connectivity index (χ0v) is 11.0. The Balaban J connectivity index is 2.53. The van der Waals surface area contributed by atoms with Gasteiger partial charge in [-0.2, -0.15) is 0 Å². The zero-order valence-electron chi connectivity index (χ0n) is 10.2. The van der Waals surface area contributed by atoms with Gasteiger partial charge in [-0.1, -0.05) is 6.92 Å². The van der Waals surface area contributed by atoms with Crippen LogP contribution in [-0.4, -0.2) is 28.1 Å². The van der Waals surface area contributed by atoms with Crippen molar-refractivity contribution in [2.75, 3.05) is 12.3 Å². The van der Waals surface area contributed by atoms with Crippen LogP contribution in [0.25, 0.3) is 0 Å². The maximum absolute atomic E-state index is 11.8. The summed E-state index contributed by atoms with van der Waals surface area (Å²) in [6.07, 6.45) is 1.56. The first-order valence-corrected chi connectivity index (χ1v) is 6.49. The smallest absolute Gasteiger partial charge is 0.226 e. The SMILES string of the molecule is CCC(C)(CCO)NC(=O)Cc1csc(N)n1. The van der Waals surface area contributed by atoms with Crippen LogP contribution in [0.5, 0.6) is 0 Å². The first-order valence-electron chi connectivity index (χ1n) is 5.61. The van der Waals surface area contributed by atoms with Gasteiger partial charge in [0.1, 0.15) is 0 Å². The van der Waals surface area contributed by atoms with Gasteiger partial charge in [0, 0.05) is 17.5 Å². The summed E-state index contributed by atoms with van der Waals surface area (Å²) >= 11 is 1.33. The number of carbonyl (C=O) groups is 1. The molecule has 1 heterocycles. The number of hydrogen-bond donors (Lipinski definition) is 3. The number of aliphatic hydroxyl groups is 1. The Morgan fingerprint density at radius 3 is 2.88 bits per heavy atom. The van der Waals surface area contributed by atoms with E-state index in [1.54, 1.807) is 5.38 Å². The van der Waals surface area contributed by atoms with Crippen LogP contribution in [0.4, 0.5) is 5.13 Å². The molecule has 0 aliphatic heterocycles. The summed E-state index contributed by atoms with van der Waals surface area (Å²) in [6, 6.07) is 0. The molecule has 0 aliphatic carbocycles. The van der Waals surface area contributed by atoms with E-state index in [1.165, 1.54) is 11.3 Å². The van der Waals surface area contributed by atoms with Gasteiger partial charge in [0.15, 0.2) is 5.13 Å².